The van der Waals surface area contributed by atoms with Gasteiger partial charge >= 0.3 is 0 Å². The molecule has 0 atom stereocenters. The molecule has 0 N–H and O–H groups in total. The lowest BCUT2D eigenvalue weighted by atomic mass is 9.99. The van der Waals surface area contributed by atoms with Crippen LogP contribution in [0.5, 0.6) is 5.75 Å². The maximum Gasteiger partial charge on any atom is 0.246 e. The first-order valence-electron chi connectivity index (χ1n) is 10.3. The van der Waals surface area contributed by atoms with Crippen LogP contribution in [0, 0.1) is 0 Å². The van der Waals surface area contributed by atoms with Gasteiger partial charge in [0.1, 0.15) is 12.4 Å². The van der Waals surface area contributed by atoms with Gasteiger partial charge in [-0.05, 0) is 24.3 Å². The number of carbonyl (C=O) groups excluding carboxylic acids is 2. The molecule has 2 aromatic carbocycles. The molecule has 0 aliphatic carbocycles. The lowest BCUT2D eigenvalue weighted by Gasteiger charge is -2.37. The second kappa shape index (κ2) is 8.82. The number of benzene rings is 2. The number of thiazole rings is 1. The van der Waals surface area contributed by atoms with Crippen LogP contribution in [0.2, 0.25) is 10.0 Å². The number of amides is 1. The molecule has 33 heavy (non-hydrogen) atoms. The first-order chi connectivity index (χ1) is 16.0. The Labute approximate surface area is 204 Å². The molecule has 0 saturated carbocycles. The molecular formula is C24H19Cl2N3O3S. The fourth-order valence-electron chi connectivity index (χ4n) is 4.22. The maximum atomic E-state index is 13.3. The molecule has 1 fully saturated rings. The van der Waals surface area contributed by atoms with Crippen molar-refractivity contribution in [2.45, 2.75) is 0 Å². The average molecular weight is 500 g/mol. The quantitative estimate of drug-likeness (QED) is 0.461. The molecule has 0 radical (unpaired) electrons. The minimum atomic E-state index is -0.150. The minimum absolute atomic E-state index is 0.137. The lowest BCUT2D eigenvalue weighted by molar-refractivity contribution is -0.126. The maximum absolute atomic E-state index is 13.3. The second-order valence-corrected chi connectivity index (χ2v) is 9.42. The molecule has 0 bridgehead atoms. The van der Waals surface area contributed by atoms with E-state index in [4.69, 9.17) is 27.9 Å². The van der Waals surface area contributed by atoms with Crippen LogP contribution in [0.1, 0.15) is 10.4 Å². The van der Waals surface area contributed by atoms with Crippen molar-refractivity contribution in [3.05, 3.63) is 69.8 Å². The molecule has 3 aromatic rings. The van der Waals surface area contributed by atoms with Crippen LogP contribution in [0.3, 0.4) is 0 Å². The van der Waals surface area contributed by atoms with E-state index in [0.29, 0.717) is 41.5 Å². The third-order valence-corrected chi connectivity index (χ3v) is 7.32. The Morgan fingerprint density at radius 3 is 2.88 bits per heavy atom. The van der Waals surface area contributed by atoms with E-state index in [1.807, 2.05) is 29.2 Å². The largest absolute Gasteiger partial charge is 0.487 e. The van der Waals surface area contributed by atoms with E-state index in [0.717, 1.165) is 21.5 Å². The van der Waals surface area contributed by atoms with Gasteiger partial charge in [0.2, 0.25) is 5.91 Å². The van der Waals surface area contributed by atoms with Gasteiger partial charge in [-0.3, -0.25) is 9.59 Å². The predicted octanol–water partition coefficient (Wildman–Crippen LogP) is 5.06. The first-order valence-corrected chi connectivity index (χ1v) is 12.0. The highest BCUT2D eigenvalue weighted by molar-refractivity contribution is 7.16. The number of hydrogen-bond donors (Lipinski definition) is 0. The Balaban J connectivity index is 1.56. The van der Waals surface area contributed by atoms with Gasteiger partial charge in [0.05, 0.1) is 44.4 Å². The van der Waals surface area contributed by atoms with Crippen molar-refractivity contribution in [1.29, 1.82) is 0 Å². The van der Waals surface area contributed by atoms with Crippen molar-refractivity contribution in [3.8, 4) is 16.9 Å². The van der Waals surface area contributed by atoms with Gasteiger partial charge in [-0.15, -0.1) is 11.3 Å². The number of fused-ring (bicyclic) bond motifs is 3. The normalized spacial score (nSPS) is 17.8. The predicted molar refractivity (Wildman–Crippen MR) is 131 cm³/mol. The fraction of sp³-hybridized carbons (Fsp3) is 0.208. The molecule has 168 valence electrons. The number of para-hydroxylation sites is 1. The smallest absolute Gasteiger partial charge is 0.246 e. The third-order valence-electron chi connectivity index (χ3n) is 5.87. The topological polar surface area (TPSA) is 62.7 Å². The molecule has 3 heterocycles. The van der Waals surface area contributed by atoms with Crippen molar-refractivity contribution in [3.63, 3.8) is 0 Å². The molecule has 5 rings (SSSR count). The summed E-state index contributed by atoms with van der Waals surface area (Å²) in [5.41, 5.74) is 5.15. The highest BCUT2D eigenvalue weighted by Crippen LogP contribution is 2.45. The average Bonchev–Trinajstić information content (AvgIpc) is 3.31. The number of piperazine rings is 1. The van der Waals surface area contributed by atoms with Gasteiger partial charge in [-0.25, -0.2) is 4.98 Å². The molecule has 2 aliphatic heterocycles. The van der Waals surface area contributed by atoms with Crippen LogP contribution >= 0.6 is 34.5 Å². The fourth-order valence-corrected chi connectivity index (χ4v) is 5.63. The van der Waals surface area contributed by atoms with Crippen molar-refractivity contribution in [1.82, 2.24) is 14.8 Å². The first kappa shape index (κ1) is 21.9. The number of aromatic nitrogens is 1. The number of ketones is 1. The van der Waals surface area contributed by atoms with Crippen molar-refractivity contribution < 1.29 is 14.3 Å². The van der Waals surface area contributed by atoms with Crippen LogP contribution < -0.4 is 4.74 Å². The molecule has 0 unspecified atom stereocenters. The zero-order chi connectivity index (χ0) is 23.1. The minimum Gasteiger partial charge on any atom is -0.487 e. The number of rotatable bonds is 2. The summed E-state index contributed by atoms with van der Waals surface area (Å²) in [6.07, 6.45) is 3.19. The summed E-state index contributed by atoms with van der Waals surface area (Å²) in [5.74, 6) is 0.0224. The molecule has 0 spiro atoms. The van der Waals surface area contributed by atoms with Crippen LogP contribution in [0.25, 0.3) is 21.3 Å². The van der Waals surface area contributed by atoms with Crippen LogP contribution in [0.15, 0.2) is 54.2 Å². The Bertz CT molecular complexity index is 1330. The van der Waals surface area contributed by atoms with E-state index in [-0.39, 0.29) is 29.9 Å². The highest BCUT2D eigenvalue weighted by atomic mass is 35.5. The van der Waals surface area contributed by atoms with E-state index in [2.05, 4.69) is 11.6 Å². The molecule has 2 aliphatic rings. The Morgan fingerprint density at radius 2 is 2.06 bits per heavy atom. The molecular weight excluding hydrogens is 481 g/mol. The Kier molecular flexibility index (Phi) is 5.86. The van der Waals surface area contributed by atoms with Gasteiger partial charge < -0.3 is 14.5 Å². The zero-order valence-corrected chi connectivity index (χ0v) is 19.8. The van der Waals surface area contributed by atoms with E-state index in [1.54, 1.807) is 16.5 Å². The lowest BCUT2D eigenvalue weighted by Crippen LogP contribution is -2.48. The summed E-state index contributed by atoms with van der Waals surface area (Å²) in [4.78, 5) is 33.5. The van der Waals surface area contributed by atoms with Crippen LogP contribution in [-0.4, -0.2) is 59.3 Å². The van der Waals surface area contributed by atoms with Gasteiger partial charge in [0.15, 0.2) is 5.78 Å². The summed E-state index contributed by atoms with van der Waals surface area (Å²) < 4.78 is 7.05. The number of halogens is 2. The highest BCUT2D eigenvalue weighted by Gasteiger charge is 2.29. The van der Waals surface area contributed by atoms with Gasteiger partial charge in [0.25, 0.3) is 0 Å². The SMILES string of the molecule is C=CC(=O)N1CCN2CC(=O)c3cc(Cl)c(-c4cccc5scnc45)c(Cl)c3OC/C=C\2C1. The number of carbonyl (C=O) groups is 2. The molecule has 9 heteroatoms. The van der Waals surface area contributed by atoms with Crippen LogP contribution in [-0.2, 0) is 4.79 Å². The second-order valence-electron chi connectivity index (χ2n) is 7.74. The number of Topliss-reactive ketones (excluding diaryl/α,β-unsaturated/α-hetero) is 1. The van der Waals surface area contributed by atoms with E-state index >= 15 is 0 Å². The summed E-state index contributed by atoms with van der Waals surface area (Å²) in [7, 11) is 0. The van der Waals surface area contributed by atoms with Crippen molar-refractivity contribution in [2.24, 2.45) is 0 Å². The summed E-state index contributed by atoms with van der Waals surface area (Å²) in [6.45, 7) is 5.35. The van der Waals surface area contributed by atoms with Crippen LogP contribution in [0.4, 0.5) is 0 Å². The van der Waals surface area contributed by atoms with E-state index < -0.39 is 0 Å². The molecule has 6 nitrogen and oxygen atoms in total. The number of hydrogen-bond acceptors (Lipinski definition) is 6. The van der Waals surface area contributed by atoms with Crippen molar-refractivity contribution >= 4 is 56.4 Å². The van der Waals surface area contributed by atoms with Gasteiger partial charge in [-0.1, -0.05) is 41.9 Å². The number of nitrogens with zero attached hydrogens (tertiary/aromatic N) is 3. The third kappa shape index (κ3) is 3.90. The summed E-state index contributed by atoms with van der Waals surface area (Å²) in [6, 6.07) is 7.45. The van der Waals surface area contributed by atoms with E-state index in [1.165, 1.54) is 17.4 Å². The van der Waals surface area contributed by atoms with E-state index in [9.17, 15) is 9.59 Å². The zero-order valence-electron chi connectivity index (χ0n) is 17.5. The number of ether oxygens (including phenoxy) is 1. The molecule has 1 amide bonds. The summed E-state index contributed by atoms with van der Waals surface area (Å²) in [5, 5.41) is 0.651. The van der Waals surface area contributed by atoms with Gasteiger partial charge in [-0.2, -0.15) is 0 Å². The van der Waals surface area contributed by atoms with Crippen molar-refractivity contribution in [2.75, 3.05) is 32.8 Å². The monoisotopic (exact) mass is 499 g/mol. The Morgan fingerprint density at radius 1 is 1.21 bits per heavy atom. The molecule has 1 aromatic heterocycles. The van der Waals surface area contributed by atoms with Gasteiger partial charge in [0, 0.05) is 29.9 Å². The summed E-state index contributed by atoms with van der Waals surface area (Å²) >= 11 is 15.0. The molecule has 1 saturated heterocycles. The standard InChI is InChI=1S/C24H19Cl2N3O3S/c1-2-20(31)29-8-7-28-12-18(30)16-10-17(25)21(15-4-3-5-19-23(15)27-13-33-19)22(26)24(16)32-9-6-14(28)11-29/h2-6,10,13H,1,7-9,11-12H2/b14-6-. The Hall–Kier alpha value is -2.87.